The van der Waals surface area contributed by atoms with Crippen molar-refractivity contribution in [3.8, 4) is 0 Å². The van der Waals surface area contributed by atoms with Crippen LogP contribution in [0.4, 0.5) is 0 Å². The van der Waals surface area contributed by atoms with Crippen molar-refractivity contribution in [2.45, 2.75) is 19.3 Å². The molecule has 1 atom stereocenters. The highest BCUT2D eigenvalue weighted by atomic mass is 16.1. The first-order valence-electron chi connectivity index (χ1n) is 5.96. The van der Waals surface area contributed by atoms with E-state index in [1.54, 1.807) is 10.5 Å². The van der Waals surface area contributed by atoms with Crippen molar-refractivity contribution in [2.24, 2.45) is 0 Å². The van der Waals surface area contributed by atoms with Gasteiger partial charge in [-0.25, -0.2) is 4.98 Å². The van der Waals surface area contributed by atoms with Crippen LogP contribution in [0.5, 0.6) is 0 Å². The number of nitrogens with one attached hydrogen (secondary N) is 1. The van der Waals surface area contributed by atoms with Crippen LogP contribution in [0.3, 0.4) is 0 Å². The van der Waals surface area contributed by atoms with E-state index < -0.39 is 0 Å². The maximum atomic E-state index is 12.1. The van der Waals surface area contributed by atoms with Gasteiger partial charge >= 0.3 is 0 Å². The molecule has 1 aliphatic heterocycles. The van der Waals surface area contributed by atoms with Gasteiger partial charge in [0.15, 0.2) is 0 Å². The lowest BCUT2D eigenvalue weighted by atomic mass is 10.0. The summed E-state index contributed by atoms with van der Waals surface area (Å²) in [7, 11) is 0. The Labute approximate surface area is 99.3 Å². The van der Waals surface area contributed by atoms with E-state index >= 15 is 0 Å². The predicted octanol–water partition coefficient (Wildman–Crippen LogP) is 1.08. The average molecular weight is 229 g/mol. The van der Waals surface area contributed by atoms with E-state index in [-0.39, 0.29) is 5.56 Å². The number of hydrogen-bond acceptors (Lipinski definition) is 3. The van der Waals surface area contributed by atoms with Crippen LogP contribution in [0, 0.1) is 6.92 Å². The van der Waals surface area contributed by atoms with E-state index in [9.17, 15) is 4.79 Å². The Balaban J connectivity index is 2.20. The summed E-state index contributed by atoms with van der Waals surface area (Å²) in [6.45, 7) is 3.86. The van der Waals surface area contributed by atoms with E-state index in [1.165, 1.54) is 0 Å². The quantitative estimate of drug-likeness (QED) is 0.796. The van der Waals surface area contributed by atoms with Crippen LogP contribution in [0.15, 0.2) is 29.1 Å². The van der Waals surface area contributed by atoms with Crippen LogP contribution in [-0.4, -0.2) is 22.5 Å². The highest BCUT2D eigenvalue weighted by Gasteiger charge is 2.19. The highest BCUT2D eigenvalue weighted by Crippen LogP contribution is 2.19. The molecule has 1 aliphatic rings. The lowest BCUT2D eigenvalue weighted by molar-refractivity contribution is 0.729. The van der Waals surface area contributed by atoms with Crippen LogP contribution >= 0.6 is 0 Å². The molecule has 3 heterocycles. The molecule has 0 bridgehead atoms. The second kappa shape index (κ2) is 3.96. The number of hydrogen-bond donors (Lipinski definition) is 1. The minimum atomic E-state index is 0.0231. The van der Waals surface area contributed by atoms with E-state index in [0.29, 0.717) is 5.92 Å². The molecular formula is C13H15N3O. The summed E-state index contributed by atoms with van der Waals surface area (Å²) in [6.07, 6.45) is 1.06. The van der Waals surface area contributed by atoms with Gasteiger partial charge in [0.2, 0.25) is 0 Å². The molecule has 4 nitrogen and oxygen atoms in total. The topological polar surface area (TPSA) is 46.4 Å². The molecular weight excluding hydrogens is 214 g/mol. The first-order chi connectivity index (χ1) is 8.25. The first kappa shape index (κ1) is 10.5. The number of rotatable bonds is 1. The van der Waals surface area contributed by atoms with Crippen LogP contribution in [0.2, 0.25) is 0 Å². The zero-order valence-corrected chi connectivity index (χ0v) is 9.81. The number of pyridine rings is 1. The number of nitrogens with zero attached hydrogens (tertiary/aromatic N) is 2. The van der Waals surface area contributed by atoms with Crippen LogP contribution in [0.25, 0.3) is 5.65 Å². The third kappa shape index (κ3) is 1.74. The molecule has 1 fully saturated rings. The molecule has 0 aromatic carbocycles. The summed E-state index contributed by atoms with van der Waals surface area (Å²) in [5, 5.41) is 3.30. The number of aromatic nitrogens is 2. The summed E-state index contributed by atoms with van der Waals surface area (Å²) in [5.41, 5.74) is 2.62. The normalized spacial score (nSPS) is 19.9. The minimum Gasteiger partial charge on any atom is -0.316 e. The van der Waals surface area contributed by atoms with Crippen molar-refractivity contribution < 1.29 is 0 Å². The molecule has 1 unspecified atom stereocenters. The monoisotopic (exact) mass is 229 g/mol. The number of aryl methyl sites for hydroxylation is 1. The molecule has 0 saturated carbocycles. The molecule has 4 heteroatoms. The third-order valence-electron chi connectivity index (χ3n) is 3.38. The van der Waals surface area contributed by atoms with Gasteiger partial charge in [0, 0.05) is 24.2 Å². The van der Waals surface area contributed by atoms with Gasteiger partial charge in [-0.3, -0.25) is 9.20 Å². The fourth-order valence-electron chi connectivity index (χ4n) is 2.45. The third-order valence-corrected chi connectivity index (χ3v) is 3.38. The fraction of sp³-hybridized carbons (Fsp3) is 0.385. The molecule has 0 amide bonds. The largest absolute Gasteiger partial charge is 0.316 e. The van der Waals surface area contributed by atoms with Crippen LogP contribution < -0.4 is 10.9 Å². The van der Waals surface area contributed by atoms with E-state index in [0.717, 1.165) is 36.5 Å². The van der Waals surface area contributed by atoms with E-state index in [4.69, 9.17) is 0 Å². The first-order valence-corrected chi connectivity index (χ1v) is 5.96. The summed E-state index contributed by atoms with van der Waals surface area (Å²) < 4.78 is 1.66. The molecule has 88 valence electrons. The lowest BCUT2D eigenvalue weighted by Gasteiger charge is -2.10. The average Bonchev–Trinajstić information content (AvgIpc) is 2.81. The van der Waals surface area contributed by atoms with Gasteiger partial charge in [0.25, 0.3) is 5.56 Å². The SMILES string of the molecule is Cc1cccc2nc(C3CCNC3)cc(=O)n12. The van der Waals surface area contributed by atoms with Crippen molar-refractivity contribution in [3.05, 3.63) is 46.0 Å². The Bertz CT molecular complexity index is 612. The van der Waals surface area contributed by atoms with Crippen LogP contribution in [0.1, 0.15) is 23.7 Å². The Kier molecular flexibility index (Phi) is 2.44. The van der Waals surface area contributed by atoms with Crippen molar-refractivity contribution in [1.82, 2.24) is 14.7 Å². The van der Waals surface area contributed by atoms with Crippen molar-refractivity contribution in [1.29, 1.82) is 0 Å². The molecule has 17 heavy (non-hydrogen) atoms. The molecule has 2 aromatic heterocycles. The predicted molar refractivity (Wildman–Crippen MR) is 66.4 cm³/mol. The van der Waals surface area contributed by atoms with Gasteiger partial charge < -0.3 is 5.32 Å². The summed E-state index contributed by atoms with van der Waals surface area (Å²) in [6, 6.07) is 7.43. The van der Waals surface area contributed by atoms with Crippen LogP contribution in [-0.2, 0) is 0 Å². The van der Waals surface area contributed by atoms with Gasteiger partial charge in [-0.2, -0.15) is 0 Å². The fourth-order valence-corrected chi connectivity index (χ4v) is 2.45. The number of fused-ring (bicyclic) bond motifs is 1. The Morgan fingerprint density at radius 3 is 3.12 bits per heavy atom. The summed E-state index contributed by atoms with van der Waals surface area (Å²) >= 11 is 0. The van der Waals surface area contributed by atoms with Gasteiger partial charge in [-0.1, -0.05) is 6.07 Å². The van der Waals surface area contributed by atoms with Crippen molar-refractivity contribution >= 4 is 5.65 Å². The lowest BCUT2D eigenvalue weighted by Crippen LogP contribution is -2.19. The standard InChI is InChI=1S/C13H15N3O/c1-9-3-2-4-12-15-11(7-13(17)16(9)12)10-5-6-14-8-10/h2-4,7,10,14H,5-6,8H2,1H3. The Hall–Kier alpha value is -1.68. The molecule has 0 spiro atoms. The van der Waals surface area contributed by atoms with Crippen molar-refractivity contribution in [3.63, 3.8) is 0 Å². The Morgan fingerprint density at radius 1 is 1.47 bits per heavy atom. The summed E-state index contributed by atoms with van der Waals surface area (Å²) in [4.78, 5) is 16.7. The maximum absolute atomic E-state index is 12.1. The zero-order chi connectivity index (χ0) is 11.8. The van der Waals surface area contributed by atoms with Gasteiger partial charge in [0.1, 0.15) is 5.65 Å². The second-order valence-corrected chi connectivity index (χ2v) is 4.57. The second-order valence-electron chi connectivity index (χ2n) is 4.57. The van der Waals surface area contributed by atoms with Gasteiger partial charge in [0.05, 0.1) is 5.69 Å². The van der Waals surface area contributed by atoms with Crippen molar-refractivity contribution in [2.75, 3.05) is 13.1 Å². The maximum Gasteiger partial charge on any atom is 0.258 e. The van der Waals surface area contributed by atoms with Gasteiger partial charge in [-0.15, -0.1) is 0 Å². The molecule has 1 N–H and O–H groups in total. The summed E-state index contributed by atoms with van der Waals surface area (Å²) in [5.74, 6) is 0.383. The molecule has 2 aromatic rings. The molecule has 1 saturated heterocycles. The Morgan fingerprint density at radius 2 is 2.35 bits per heavy atom. The van der Waals surface area contributed by atoms with Gasteiger partial charge in [-0.05, 0) is 32.0 Å². The zero-order valence-electron chi connectivity index (χ0n) is 9.81. The molecule has 3 rings (SSSR count). The van der Waals surface area contributed by atoms with E-state index in [1.807, 2.05) is 25.1 Å². The van der Waals surface area contributed by atoms with E-state index in [2.05, 4.69) is 10.3 Å². The molecule has 0 aliphatic carbocycles. The minimum absolute atomic E-state index is 0.0231. The highest BCUT2D eigenvalue weighted by molar-refractivity contribution is 5.40. The smallest absolute Gasteiger partial charge is 0.258 e. The molecule has 0 radical (unpaired) electrons.